The summed E-state index contributed by atoms with van der Waals surface area (Å²) in [6, 6.07) is 4.89. The highest BCUT2D eigenvalue weighted by atomic mass is 35.5. The molecule has 114 valence electrons. The molecule has 2 atom stereocenters. The molecule has 0 aliphatic carbocycles. The fourth-order valence-corrected chi connectivity index (χ4v) is 3.48. The largest absolute Gasteiger partial charge is 0.368 e. The Bertz CT molecular complexity index is 748. The Morgan fingerprint density at radius 3 is 3.00 bits per heavy atom. The van der Waals surface area contributed by atoms with Crippen LogP contribution in [-0.2, 0) is 11.3 Å². The SMILES string of the molecule is O=C(c1ccc(Cl)cc1Cl)N1C[C@@H]2OCc3cnnn3[C@H]2C1. The predicted octanol–water partition coefficient (Wildman–Crippen LogP) is 2.18. The zero-order valence-electron chi connectivity index (χ0n) is 11.4. The summed E-state index contributed by atoms with van der Waals surface area (Å²) in [5.41, 5.74) is 1.38. The minimum absolute atomic E-state index is 0.00118. The number of benzene rings is 1. The second-order valence-corrected chi connectivity index (χ2v) is 6.26. The normalized spacial score (nSPS) is 23.3. The minimum atomic E-state index is -0.124. The predicted molar refractivity (Wildman–Crippen MR) is 80.0 cm³/mol. The van der Waals surface area contributed by atoms with Gasteiger partial charge in [0.05, 0.1) is 41.2 Å². The molecule has 6 nitrogen and oxygen atoms in total. The van der Waals surface area contributed by atoms with Crippen molar-refractivity contribution in [3.8, 4) is 0 Å². The highest BCUT2D eigenvalue weighted by molar-refractivity contribution is 6.36. The molecule has 0 bridgehead atoms. The summed E-state index contributed by atoms with van der Waals surface area (Å²) in [6.07, 6.45) is 1.63. The van der Waals surface area contributed by atoms with Crippen LogP contribution < -0.4 is 0 Å². The van der Waals surface area contributed by atoms with E-state index in [1.807, 2.05) is 4.68 Å². The molecule has 0 radical (unpaired) electrons. The van der Waals surface area contributed by atoms with Crippen LogP contribution >= 0.6 is 23.2 Å². The van der Waals surface area contributed by atoms with Gasteiger partial charge in [-0.1, -0.05) is 28.4 Å². The van der Waals surface area contributed by atoms with Crippen LogP contribution in [0.4, 0.5) is 0 Å². The first-order chi connectivity index (χ1) is 10.6. The van der Waals surface area contributed by atoms with E-state index >= 15 is 0 Å². The smallest absolute Gasteiger partial charge is 0.255 e. The lowest BCUT2D eigenvalue weighted by Gasteiger charge is -2.25. The number of carbonyl (C=O) groups excluding carboxylic acids is 1. The maximum Gasteiger partial charge on any atom is 0.255 e. The minimum Gasteiger partial charge on any atom is -0.368 e. The number of fused-ring (bicyclic) bond motifs is 3. The van der Waals surface area contributed by atoms with E-state index in [0.717, 1.165) is 5.69 Å². The molecule has 1 saturated heterocycles. The fourth-order valence-electron chi connectivity index (χ4n) is 2.99. The molecule has 22 heavy (non-hydrogen) atoms. The summed E-state index contributed by atoms with van der Waals surface area (Å²) in [7, 11) is 0. The molecule has 0 unspecified atom stereocenters. The van der Waals surface area contributed by atoms with Crippen LogP contribution in [0.1, 0.15) is 22.1 Å². The van der Waals surface area contributed by atoms with Crippen molar-refractivity contribution < 1.29 is 9.53 Å². The summed E-state index contributed by atoms with van der Waals surface area (Å²) in [6.45, 7) is 1.51. The molecule has 1 amide bonds. The first-order valence-electron chi connectivity index (χ1n) is 6.88. The van der Waals surface area contributed by atoms with Crippen molar-refractivity contribution in [3.63, 3.8) is 0 Å². The Labute approximate surface area is 136 Å². The highest BCUT2D eigenvalue weighted by Gasteiger charge is 2.41. The van der Waals surface area contributed by atoms with Gasteiger partial charge in [-0.2, -0.15) is 0 Å². The number of ether oxygens (including phenoxy) is 1. The van der Waals surface area contributed by atoms with Crippen molar-refractivity contribution >= 4 is 29.1 Å². The van der Waals surface area contributed by atoms with Gasteiger partial charge in [0, 0.05) is 18.1 Å². The van der Waals surface area contributed by atoms with Gasteiger partial charge < -0.3 is 9.64 Å². The van der Waals surface area contributed by atoms with Crippen molar-refractivity contribution in [2.45, 2.75) is 18.8 Å². The number of hydrogen-bond donors (Lipinski definition) is 0. The van der Waals surface area contributed by atoms with Gasteiger partial charge in [-0.05, 0) is 18.2 Å². The molecule has 0 saturated carbocycles. The number of hydrogen-bond acceptors (Lipinski definition) is 4. The number of aromatic nitrogens is 3. The van der Waals surface area contributed by atoms with Gasteiger partial charge in [0.15, 0.2) is 0 Å². The van der Waals surface area contributed by atoms with Gasteiger partial charge in [0.25, 0.3) is 5.91 Å². The van der Waals surface area contributed by atoms with Crippen LogP contribution in [0.25, 0.3) is 0 Å². The lowest BCUT2D eigenvalue weighted by atomic mass is 10.2. The molecule has 8 heteroatoms. The Balaban J connectivity index is 1.59. The van der Waals surface area contributed by atoms with Gasteiger partial charge in [-0.3, -0.25) is 4.79 Å². The molecule has 1 fully saturated rings. The molecule has 2 aliphatic heterocycles. The van der Waals surface area contributed by atoms with Gasteiger partial charge in [0.1, 0.15) is 0 Å². The molecule has 1 aromatic carbocycles. The highest BCUT2D eigenvalue weighted by Crippen LogP contribution is 2.32. The maximum atomic E-state index is 12.7. The van der Waals surface area contributed by atoms with E-state index in [0.29, 0.717) is 35.3 Å². The summed E-state index contributed by atoms with van der Waals surface area (Å²) < 4.78 is 7.66. The summed E-state index contributed by atoms with van der Waals surface area (Å²) in [5, 5.41) is 8.87. The topological polar surface area (TPSA) is 60.3 Å². The number of amides is 1. The first kappa shape index (κ1) is 14.0. The monoisotopic (exact) mass is 338 g/mol. The van der Waals surface area contributed by atoms with Crippen LogP contribution in [0.5, 0.6) is 0 Å². The molecule has 2 aliphatic rings. The van der Waals surface area contributed by atoms with E-state index in [2.05, 4.69) is 10.3 Å². The maximum absolute atomic E-state index is 12.7. The van der Waals surface area contributed by atoms with E-state index < -0.39 is 0 Å². The van der Waals surface area contributed by atoms with Crippen LogP contribution in [0.3, 0.4) is 0 Å². The summed E-state index contributed by atoms with van der Waals surface area (Å²) in [4.78, 5) is 14.4. The number of nitrogens with zero attached hydrogens (tertiary/aromatic N) is 4. The van der Waals surface area contributed by atoms with Crippen molar-refractivity contribution in [1.82, 2.24) is 19.9 Å². The van der Waals surface area contributed by atoms with Crippen molar-refractivity contribution in [2.24, 2.45) is 0 Å². The molecule has 0 spiro atoms. The van der Waals surface area contributed by atoms with E-state index in [1.54, 1.807) is 29.3 Å². The Kier molecular flexibility index (Phi) is 3.32. The van der Waals surface area contributed by atoms with Crippen LogP contribution in [0, 0.1) is 0 Å². The molecule has 1 aromatic heterocycles. The standard InChI is InChI=1S/C14H12Cl2N4O2/c15-8-1-2-10(11(16)3-8)14(21)19-5-12-13(6-19)22-7-9-4-17-18-20(9)12/h1-4,12-13H,5-7H2/t12-,13-/m0/s1. The fraction of sp³-hybridized carbons (Fsp3) is 0.357. The third-order valence-corrected chi connectivity index (χ3v) is 4.64. The van der Waals surface area contributed by atoms with E-state index in [1.165, 1.54) is 0 Å². The molecule has 4 rings (SSSR count). The third-order valence-electron chi connectivity index (χ3n) is 4.09. The Hall–Kier alpha value is -1.63. The molecule has 0 N–H and O–H groups in total. The van der Waals surface area contributed by atoms with Crippen molar-refractivity contribution in [2.75, 3.05) is 13.1 Å². The Morgan fingerprint density at radius 2 is 2.18 bits per heavy atom. The van der Waals surface area contributed by atoms with Crippen molar-refractivity contribution in [3.05, 3.63) is 45.7 Å². The average Bonchev–Trinajstić information content (AvgIpc) is 3.12. The van der Waals surface area contributed by atoms with E-state index in [9.17, 15) is 4.79 Å². The lowest BCUT2D eigenvalue weighted by Crippen LogP contribution is -2.32. The van der Waals surface area contributed by atoms with Gasteiger partial charge in [-0.25, -0.2) is 4.68 Å². The first-order valence-corrected chi connectivity index (χ1v) is 7.64. The quantitative estimate of drug-likeness (QED) is 0.799. The third kappa shape index (κ3) is 2.18. The molecular weight excluding hydrogens is 327 g/mol. The average molecular weight is 339 g/mol. The van der Waals surface area contributed by atoms with Crippen LogP contribution in [0.2, 0.25) is 10.0 Å². The van der Waals surface area contributed by atoms with Gasteiger partial charge in [-0.15, -0.1) is 5.10 Å². The Morgan fingerprint density at radius 1 is 1.32 bits per heavy atom. The second-order valence-electron chi connectivity index (χ2n) is 5.42. The second kappa shape index (κ2) is 5.22. The van der Waals surface area contributed by atoms with Gasteiger partial charge >= 0.3 is 0 Å². The number of halogens is 2. The van der Waals surface area contributed by atoms with E-state index in [4.69, 9.17) is 27.9 Å². The summed E-state index contributed by atoms with van der Waals surface area (Å²) >= 11 is 12.0. The van der Waals surface area contributed by atoms with Crippen LogP contribution in [-0.4, -0.2) is 45.0 Å². The van der Waals surface area contributed by atoms with Crippen molar-refractivity contribution in [1.29, 1.82) is 0 Å². The molecule has 3 heterocycles. The number of carbonyl (C=O) groups is 1. The van der Waals surface area contributed by atoms with Crippen LogP contribution in [0.15, 0.2) is 24.4 Å². The lowest BCUT2D eigenvalue weighted by molar-refractivity contribution is -0.00488. The zero-order valence-corrected chi connectivity index (χ0v) is 13.0. The summed E-state index contributed by atoms with van der Waals surface area (Å²) in [5.74, 6) is -0.124. The van der Waals surface area contributed by atoms with E-state index in [-0.39, 0.29) is 18.1 Å². The zero-order chi connectivity index (χ0) is 15.3. The molecule has 2 aromatic rings. The van der Waals surface area contributed by atoms with Gasteiger partial charge in [0.2, 0.25) is 0 Å². The molecular formula is C14H12Cl2N4O2. The number of likely N-dealkylation sites (tertiary alicyclic amines) is 1. The number of rotatable bonds is 1.